The van der Waals surface area contributed by atoms with Gasteiger partial charge in [0.1, 0.15) is 17.4 Å². The van der Waals surface area contributed by atoms with E-state index in [2.05, 4.69) is 10.6 Å². The third-order valence-electron chi connectivity index (χ3n) is 2.47. The first-order chi connectivity index (χ1) is 9.60. The molecule has 110 valence electrons. The first-order valence-corrected chi connectivity index (χ1v) is 6.48. The van der Waals surface area contributed by atoms with E-state index in [9.17, 15) is 9.59 Å². The predicted octanol–water partition coefficient (Wildman–Crippen LogP) is 0.789. The van der Waals surface area contributed by atoms with Crippen LogP contribution in [-0.2, 0) is 4.79 Å². The van der Waals surface area contributed by atoms with E-state index in [0.29, 0.717) is 30.2 Å². The molecule has 2 amide bonds. The molecule has 0 aliphatic heterocycles. The van der Waals surface area contributed by atoms with Gasteiger partial charge in [0.05, 0.1) is 14.2 Å². The van der Waals surface area contributed by atoms with Crippen LogP contribution in [0.5, 0.6) is 11.5 Å². The van der Waals surface area contributed by atoms with E-state index >= 15 is 0 Å². The van der Waals surface area contributed by atoms with E-state index in [0.717, 1.165) is 0 Å². The minimum atomic E-state index is -0.276. The molecule has 0 saturated carbocycles. The van der Waals surface area contributed by atoms with E-state index in [1.165, 1.54) is 14.2 Å². The van der Waals surface area contributed by atoms with Gasteiger partial charge in [0.15, 0.2) is 0 Å². The number of carbonyl (C=O) groups excluding carboxylic acids is 2. The molecule has 1 rings (SSSR count). The second-order valence-electron chi connectivity index (χ2n) is 3.84. The number of carbonyl (C=O) groups is 2. The molecule has 6 nitrogen and oxygen atoms in total. The Labute approximate surface area is 122 Å². The molecule has 0 unspecified atom stereocenters. The fraction of sp³-hybridized carbons (Fsp3) is 0.385. The Morgan fingerprint density at radius 3 is 2.10 bits per heavy atom. The van der Waals surface area contributed by atoms with E-state index in [-0.39, 0.29) is 17.7 Å². The molecule has 20 heavy (non-hydrogen) atoms. The van der Waals surface area contributed by atoms with E-state index in [1.807, 2.05) is 0 Å². The second kappa shape index (κ2) is 8.27. The molecule has 2 N–H and O–H groups in total. The minimum absolute atomic E-state index is 0.0962. The summed E-state index contributed by atoms with van der Waals surface area (Å²) in [4.78, 5) is 22.8. The maximum absolute atomic E-state index is 11.9. The molecule has 1 aromatic rings. The van der Waals surface area contributed by atoms with Gasteiger partial charge in [-0.1, -0.05) is 0 Å². The zero-order chi connectivity index (χ0) is 15.0. The van der Waals surface area contributed by atoms with Crippen LogP contribution in [0.1, 0.15) is 10.4 Å². The highest BCUT2D eigenvalue weighted by molar-refractivity contribution is 6.27. The quantitative estimate of drug-likeness (QED) is 0.576. The first-order valence-electron chi connectivity index (χ1n) is 5.94. The lowest BCUT2D eigenvalue weighted by atomic mass is 10.2. The molecule has 0 spiro atoms. The fourth-order valence-corrected chi connectivity index (χ4v) is 1.56. The third-order valence-corrected chi connectivity index (χ3v) is 2.71. The monoisotopic (exact) mass is 300 g/mol. The Balaban J connectivity index is 2.56. The van der Waals surface area contributed by atoms with Crippen LogP contribution in [0.25, 0.3) is 0 Å². The standard InChI is InChI=1S/C13H17ClN2O4/c1-19-10-5-9(6-11(7-10)20-2)13(18)16-4-3-15-12(17)8-14/h5-7H,3-4,8H2,1-2H3,(H,15,17)(H,16,18). The van der Waals surface area contributed by atoms with Gasteiger partial charge in [0, 0.05) is 24.7 Å². The molecule has 0 aliphatic rings. The van der Waals surface area contributed by atoms with Gasteiger partial charge < -0.3 is 20.1 Å². The highest BCUT2D eigenvalue weighted by Gasteiger charge is 2.09. The van der Waals surface area contributed by atoms with Crippen LogP contribution < -0.4 is 20.1 Å². The lowest BCUT2D eigenvalue weighted by Gasteiger charge is -2.09. The third kappa shape index (κ3) is 4.97. The number of rotatable bonds is 7. The summed E-state index contributed by atoms with van der Waals surface area (Å²) in [5.74, 6) is 0.419. The number of ether oxygens (including phenoxy) is 2. The number of nitrogens with one attached hydrogen (secondary N) is 2. The molecular formula is C13H17ClN2O4. The summed E-state index contributed by atoms with van der Waals surface area (Å²) in [7, 11) is 3.02. The van der Waals surface area contributed by atoms with E-state index < -0.39 is 0 Å². The Hall–Kier alpha value is -1.95. The summed E-state index contributed by atoms with van der Waals surface area (Å²) >= 11 is 5.33. The fourth-order valence-electron chi connectivity index (χ4n) is 1.47. The van der Waals surface area contributed by atoms with Crippen molar-refractivity contribution in [1.29, 1.82) is 0 Å². The Morgan fingerprint density at radius 1 is 1.05 bits per heavy atom. The molecule has 0 fully saturated rings. The number of amides is 2. The minimum Gasteiger partial charge on any atom is -0.497 e. The molecule has 0 radical (unpaired) electrons. The number of halogens is 1. The SMILES string of the molecule is COc1cc(OC)cc(C(=O)NCCNC(=O)CCl)c1. The Bertz CT molecular complexity index is 457. The highest BCUT2D eigenvalue weighted by Crippen LogP contribution is 2.22. The van der Waals surface area contributed by atoms with Crippen molar-refractivity contribution in [2.24, 2.45) is 0 Å². The van der Waals surface area contributed by atoms with Crippen molar-refractivity contribution in [3.05, 3.63) is 23.8 Å². The number of alkyl halides is 1. The maximum atomic E-state index is 11.9. The normalized spacial score (nSPS) is 9.75. The van der Waals surface area contributed by atoms with Crippen molar-refractivity contribution in [2.45, 2.75) is 0 Å². The van der Waals surface area contributed by atoms with Crippen LogP contribution in [0.15, 0.2) is 18.2 Å². The molecule has 0 bridgehead atoms. The maximum Gasteiger partial charge on any atom is 0.251 e. The van der Waals surface area contributed by atoms with Crippen molar-refractivity contribution in [2.75, 3.05) is 33.2 Å². The number of hydrogen-bond donors (Lipinski definition) is 2. The lowest BCUT2D eigenvalue weighted by molar-refractivity contribution is -0.118. The van der Waals surface area contributed by atoms with Gasteiger partial charge in [-0.05, 0) is 12.1 Å². The number of benzene rings is 1. The topological polar surface area (TPSA) is 76.7 Å². The lowest BCUT2D eigenvalue weighted by Crippen LogP contribution is -2.35. The first kappa shape index (κ1) is 16.1. The van der Waals surface area contributed by atoms with Crippen LogP contribution in [0.2, 0.25) is 0 Å². The molecule has 7 heteroatoms. The van der Waals surface area contributed by atoms with Crippen LogP contribution >= 0.6 is 11.6 Å². The highest BCUT2D eigenvalue weighted by atomic mass is 35.5. The largest absolute Gasteiger partial charge is 0.497 e. The summed E-state index contributed by atoms with van der Waals surface area (Å²) in [5.41, 5.74) is 0.421. The summed E-state index contributed by atoms with van der Waals surface area (Å²) < 4.78 is 10.2. The van der Waals surface area contributed by atoms with Crippen molar-refractivity contribution in [3.63, 3.8) is 0 Å². The molecule has 0 aliphatic carbocycles. The molecular weight excluding hydrogens is 284 g/mol. The molecule has 0 saturated heterocycles. The van der Waals surface area contributed by atoms with E-state index in [4.69, 9.17) is 21.1 Å². The van der Waals surface area contributed by atoms with Gasteiger partial charge in [-0.25, -0.2) is 0 Å². The molecule has 1 aromatic carbocycles. The van der Waals surface area contributed by atoms with Gasteiger partial charge >= 0.3 is 0 Å². The zero-order valence-electron chi connectivity index (χ0n) is 11.4. The predicted molar refractivity (Wildman–Crippen MR) is 75.6 cm³/mol. The molecule has 0 heterocycles. The number of hydrogen-bond acceptors (Lipinski definition) is 4. The smallest absolute Gasteiger partial charge is 0.251 e. The average Bonchev–Trinajstić information content (AvgIpc) is 2.50. The van der Waals surface area contributed by atoms with Gasteiger partial charge in [0.2, 0.25) is 5.91 Å². The number of methoxy groups -OCH3 is 2. The van der Waals surface area contributed by atoms with Crippen LogP contribution in [0.3, 0.4) is 0 Å². The summed E-state index contributed by atoms with van der Waals surface area (Å²) in [6.07, 6.45) is 0. The van der Waals surface area contributed by atoms with Crippen molar-refractivity contribution < 1.29 is 19.1 Å². The average molecular weight is 301 g/mol. The molecule has 0 aromatic heterocycles. The zero-order valence-corrected chi connectivity index (χ0v) is 12.1. The summed E-state index contributed by atoms with van der Waals surface area (Å²) in [5, 5.41) is 5.22. The second-order valence-corrected chi connectivity index (χ2v) is 4.11. The Kier molecular flexibility index (Phi) is 6.66. The van der Waals surface area contributed by atoms with Crippen molar-refractivity contribution >= 4 is 23.4 Å². The van der Waals surface area contributed by atoms with Gasteiger partial charge in [-0.2, -0.15) is 0 Å². The van der Waals surface area contributed by atoms with E-state index in [1.54, 1.807) is 18.2 Å². The van der Waals surface area contributed by atoms with Crippen LogP contribution in [-0.4, -0.2) is 45.0 Å². The van der Waals surface area contributed by atoms with Crippen LogP contribution in [0, 0.1) is 0 Å². The van der Waals surface area contributed by atoms with Crippen LogP contribution in [0.4, 0.5) is 0 Å². The Morgan fingerprint density at radius 2 is 1.60 bits per heavy atom. The van der Waals surface area contributed by atoms with Crippen molar-refractivity contribution in [3.8, 4) is 11.5 Å². The van der Waals surface area contributed by atoms with Crippen molar-refractivity contribution in [1.82, 2.24) is 10.6 Å². The summed E-state index contributed by atoms with van der Waals surface area (Å²) in [6, 6.07) is 4.89. The van der Waals surface area contributed by atoms with Gasteiger partial charge in [-0.3, -0.25) is 9.59 Å². The van der Waals surface area contributed by atoms with Gasteiger partial charge in [0.25, 0.3) is 5.91 Å². The molecule has 0 atom stereocenters. The summed E-state index contributed by atoms with van der Waals surface area (Å²) in [6.45, 7) is 0.624. The van der Waals surface area contributed by atoms with Gasteiger partial charge in [-0.15, -0.1) is 11.6 Å².